The van der Waals surface area contributed by atoms with Gasteiger partial charge in [-0.3, -0.25) is 4.79 Å². The van der Waals surface area contributed by atoms with E-state index in [0.29, 0.717) is 15.7 Å². The first-order valence-corrected chi connectivity index (χ1v) is 9.56. The lowest BCUT2D eigenvalue weighted by molar-refractivity contribution is -0.382. The summed E-state index contributed by atoms with van der Waals surface area (Å²) < 4.78 is 0. The maximum Gasteiger partial charge on any atom is 0.316 e. The number of aromatic nitrogens is 1. The van der Waals surface area contributed by atoms with Crippen LogP contribution >= 0.6 is 23.2 Å². The van der Waals surface area contributed by atoms with Crippen molar-refractivity contribution in [1.82, 2.24) is 5.32 Å². The van der Waals surface area contributed by atoms with E-state index >= 15 is 0 Å². The number of carbonyl (C=O) groups is 1. The number of benzene rings is 2. The molecular formula is C22H21Cl2N2O+. The van der Waals surface area contributed by atoms with Crippen molar-refractivity contribution in [2.24, 2.45) is 0 Å². The van der Waals surface area contributed by atoms with Crippen LogP contribution < -0.4 is 10.3 Å². The molecule has 3 nitrogen and oxygen atoms in total. The Morgan fingerprint density at radius 1 is 0.963 bits per heavy atom. The molecular weight excluding hydrogens is 379 g/mol. The fourth-order valence-electron chi connectivity index (χ4n) is 3.09. The molecule has 5 heteroatoms. The van der Waals surface area contributed by atoms with Gasteiger partial charge in [-0.15, -0.1) is 0 Å². The Morgan fingerprint density at radius 2 is 1.59 bits per heavy atom. The molecule has 0 spiro atoms. The number of rotatable bonds is 6. The van der Waals surface area contributed by atoms with E-state index in [2.05, 4.69) is 10.3 Å². The van der Waals surface area contributed by atoms with Crippen molar-refractivity contribution in [3.63, 3.8) is 0 Å². The summed E-state index contributed by atoms with van der Waals surface area (Å²) in [6.45, 7) is 2.02. The predicted molar refractivity (Wildman–Crippen MR) is 109 cm³/mol. The predicted octanol–water partition coefficient (Wildman–Crippen LogP) is 4.95. The van der Waals surface area contributed by atoms with Crippen molar-refractivity contribution in [2.45, 2.75) is 25.3 Å². The molecule has 1 aromatic heterocycles. The Kier molecular flexibility index (Phi) is 6.49. The average molecular weight is 400 g/mol. The van der Waals surface area contributed by atoms with Crippen molar-refractivity contribution in [1.29, 1.82) is 0 Å². The maximum absolute atomic E-state index is 12.6. The van der Waals surface area contributed by atoms with E-state index in [-0.39, 0.29) is 17.9 Å². The standard InChI is InChI=1S/C22H20Cl2N2O/c1-15(26-22(27)21-4-2-3-13-25-21)20(17-7-11-19(24)12-8-17)14-16-5-9-18(23)10-6-16/h2-13,15,20H,14H2,1H3,(H,26,27)/p+1/t15-,20+/m1/s1. The summed E-state index contributed by atoms with van der Waals surface area (Å²) in [7, 11) is 0. The van der Waals surface area contributed by atoms with E-state index in [1.807, 2.05) is 67.6 Å². The highest BCUT2D eigenvalue weighted by Crippen LogP contribution is 2.27. The molecule has 3 aromatic rings. The van der Waals surface area contributed by atoms with Crippen LogP contribution in [0.5, 0.6) is 0 Å². The highest BCUT2D eigenvalue weighted by atomic mass is 35.5. The van der Waals surface area contributed by atoms with Crippen LogP contribution in [0.4, 0.5) is 0 Å². The van der Waals surface area contributed by atoms with Gasteiger partial charge in [-0.05, 0) is 54.8 Å². The minimum atomic E-state index is -0.127. The fraction of sp³-hybridized carbons (Fsp3) is 0.182. The molecule has 0 aliphatic carbocycles. The number of halogens is 2. The zero-order valence-electron chi connectivity index (χ0n) is 15.0. The molecule has 0 radical (unpaired) electrons. The van der Waals surface area contributed by atoms with Gasteiger partial charge in [-0.2, -0.15) is 0 Å². The van der Waals surface area contributed by atoms with E-state index in [1.165, 1.54) is 0 Å². The Morgan fingerprint density at radius 3 is 2.19 bits per heavy atom. The van der Waals surface area contributed by atoms with Crippen LogP contribution in [-0.4, -0.2) is 11.9 Å². The molecule has 138 valence electrons. The number of H-pyrrole nitrogens is 1. The van der Waals surface area contributed by atoms with Crippen LogP contribution in [0.25, 0.3) is 0 Å². The van der Waals surface area contributed by atoms with Gasteiger partial charge in [0.2, 0.25) is 0 Å². The second-order valence-electron chi connectivity index (χ2n) is 6.53. The minimum absolute atomic E-state index is 0.0806. The van der Waals surface area contributed by atoms with E-state index in [1.54, 1.807) is 12.3 Å². The van der Waals surface area contributed by atoms with Crippen LogP contribution in [-0.2, 0) is 6.42 Å². The van der Waals surface area contributed by atoms with Crippen molar-refractivity contribution >= 4 is 29.1 Å². The van der Waals surface area contributed by atoms with E-state index in [9.17, 15) is 4.79 Å². The fourth-order valence-corrected chi connectivity index (χ4v) is 3.34. The highest BCUT2D eigenvalue weighted by Gasteiger charge is 2.24. The zero-order chi connectivity index (χ0) is 19.2. The number of aromatic amines is 1. The van der Waals surface area contributed by atoms with Crippen molar-refractivity contribution in [3.05, 3.63) is 99.8 Å². The topological polar surface area (TPSA) is 43.2 Å². The molecule has 1 amide bonds. The SMILES string of the molecule is C[C@@H](NC(=O)c1cccc[nH+]1)[C@H](Cc1ccc(Cl)cc1)c1ccc(Cl)cc1. The van der Waals surface area contributed by atoms with Gasteiger partial charge in [0.15, 0.2) is 6.20 Å². The van der Waals surface area contributed by atoms with E-state index in [4.69, 9.17) is 23.2 Å². The quantitative estimate of drug-likeness (QED) is 0.625. The second-order valence-corrected chi connectivity index (χ2v) is 7.40. The monoisotopic (exact) mass is 399 g/mol. The number of pyridine rings is 1. The van der Waals surface area contributed by atoms with Crippen molar-refractivity contribution in [3.8, 4) is 0 Å². The Labute approximate surface area is 169 Å². The van der Waals surface area contributed by atoms with Crippen LogP contribution in [0, 0.1) is 0 Å². The average Bonchev–Trinajstić information content (AvgIpc) is 2.69. The Bertz CT molecular complexity index is 880. The number of nitrogens with one attached hydrogen (secondary N) is 2. The smallest absolute Gasteiger partial charge is 0.316 e. The van der Waals surface area contributed by atoms with Gasteiger partial charge in [0.1, 0.15) is 0 Å². The number of hydrogen-bond acceptors (Lipinski definition) is 1. The first-order valence-electron chi connectivity index (χ1n) is 8.80. The van der Waals surface area contributed by atoms with Gasteiger partial charge in [0.25, 0.3) is 5.69 Å². The summed E-state index contributed by atoms with van der Waals surface area (Å²) in [5.74, 6) is -0.0331. The summed E-state index contributed by atoms with van der Waals surface area (Å²) in [5.41, 5.74) is 2.82. The molecule has 0 bridgehead atoms. The summed E-state index contributed by atoms with van der Waals surface area (Å²) >= 11 is 12.1. The van der Waals surface area contributed by atoms with Crippen LogP contribution in [0.1, 0.15) is 34.5 Å². The minimum Gasteiger partial charge on any atom is -0.344 e. The zero-order valence-corrected chi connectivity index (χ0v) is 16.5. The molecule has 27 heavy (non-hydrogen) atoms. The molecule has 2 atom stereocenters. The van der Waals surface area contributed by atoms with E-state index < -0.39 is 0 Å². The van der Waals surface area contributed by atoms with Gasteiger partial charge >= 0.3 is 5.91 Å². The summed E-state index contributed by atoms with van der Waals surface area (Å²) in [6.07, 6.45) is 2.52. The largest absolute Gasteiger partial charge is 0.344 e. The third-order valence-electron chi connectivity index (χ3n) is 4.58. The lowest BCUT2D eigenvalue weighted by atomic mass is 9.86. The van der Waals surface area contributed by atoms with Crippen LogP contribution in [0.3, 0.4) is 0 Å². The molecule has 0 aliphatic heterocycles. The second kappa shape index (κ2) is 9.03. The van der Waals surface area contributed by atoms with Crippen LogP contribution in [0.2, 0.25) is 10.0 Å². The van der Waals surface area contributed by atoms with Crippen LogP contribution in [0.15, 0.2) is 72.9 Å². The first-order chi connectivity index (χ1) is 13.0. The molecule has 2 aromatic carbocycles. The van der Waals surface area contributed by atoms with Gasteiger partial charge in [0.05, 0.1) is 0 Å². The number of amides is 1. The van der Waals surface area contributed by atoms with E-state index in [0.717, 1.165) is 17.5 Å². The number of carbonyl (C=O) groups excluding carboxylic acids is 1. The van der Waals surface area contributed by atoms with Crippen molar-refractivity contribution in [2.75, 3.05) is 0 Å². The third kappa shape index (κ3) is 5.31. The molecule has 2 N–H and O–H groups in total. The summed E-state index contributed by atoms with van der Waals surface area (Å²) in [5, 5.41) is 4.52. The van der Waals surface area contributed by atoms with Gasteiger partial charge < -0.3 is 5.32 Å². The summed E-state index contributed by atoms with van der Waals surface area (Å²) in [6, 6.07) is 21.0. The molecule has 3 rings (SSSR count). The molecule has 0 saturated heterocycles. The third-order valence-corrected chi connectivity index (χ3v) is 5.09. The lowest BCUT2D eigenvalue weighted by Gasteiger charge is -2.25. The maximum atomic E-state index is 12.6. The van der Waals surface area contributed by atoms with Gasteiger partial charge in [-0.1, -0.05) is 47.5 Å². The first kappa shape index (κ1) is 19.4. The molecule has 0 aliphatic rings. The van der Waals surface area contributed by atoms with Gasteiger partial charge in [-0.25, -0.2) is 4.98 Å². The number of hydrogen-bond donors (Lipinski definition) is 1. The molecule has 0 fully saturated rings. The lowest BCUT2D eigenvalue weighted by Crippen LogP contribution is -2.40. The highest BCUT2D eigenvalue weighted by molar-refractivity contribution is 6.30. The molecule has 0 saturated carbocycles. The summed E-state index contributed by atoms with van der Waals surface area (Å²) in [4.78, 5) is 15.5. The van der Waals surface area contributed by atoms with Crippen molar-refractivity contribution < 1.29 is 9.78 Å². The Balaban J connectivity index is 1.82. The normalized spacial score (nSPS) is 13.0. The molecule has 1 heterocycles. The van der Waals surface area contributed by atoms with Gasteiger partial charge in [0, 0.05) is 34.1 Å². The Hall–Kier alpha value is -2.36. The molecule has 0 unspecified atom stereocenters.